The Balaban J connectivity index is 1.57. The number of nitrogens with one attached hydrogen (secondary N) is 1. The lowest BCUT2D eigenvalue weighted by molar-refractivity contribution is -0.137. The van der Waals surface area contributed by atoms with Gasteiger partial charge in [0.05, 0.1) is 16.0 Å². The van der Waals surface area contributed by atoms with Crippen molar-refractivity contribution in [2.45, 2.75) is 13.1 Å². The highest BCUT2D eigenvalue weighted by Gasteiger charge is 2.30. The van der Waals surface area contributed by atoms with Crippen LogP contribution in [-0.2, 0) is 11.0 Å². The molecule has 0 aliphatic rings. The summed E-state index contributed by atoms with van der Waals surface area (Å²) in [6.07, 6.45) is -1.26. The lowest BCUT2D eigenvalue weighted by Crippen LogP contribution is -2.04. The van der Waals surface area contributed by atoms with Gasteiger partial charge in [-0.3, -0.25) is 9.78 Å². The third-order valence-electron chi connectivity index (χ3n) is 5.01. The summed E-state index contributed by atoms with van der Waals surface area (Å²) in [5, 5.41) is 3.09. The molecule has 0 radical (unpaired) electrons. The Morgan fingerprint density at radius 3 is 2.47 bits per heavy atom. The van der Waals surface area contributed by atoms with Crippen molar-refractivity contribution in [3.8, 4) is 34.3 Å². The Morgan fingerprint density at radius 1 is 0.972 bits per heavy atom. The largest absolute Gasteiger partial charge is 0.437 e. The maximum atomic E-state index is 13.0. The van der Waals surface area contributed by atoms with Crippen LogP contribution in [0.1, 0.15) is 12.5 Å². The zero-order chi connectivity index (χ0) is 25.3. The lowest BCUT2D eigenvalue weighted by Gasteiger charge is -2.11. The van der Waals surface area contributed by atoms with E-state index in [0.717, 1.165) is 16.8 Å². The molecule has 1 amide bonds. The second-order valence-electron chi connectivity index (χ2n) is 7.64. The van der Waals surface area contributed by atoms with Crippen LogP contribution in [0, 0.1) is 0 Å². The third-order valence-corrected chi connectivity index (χ3v) is 5.95. The van der Waals surface area contributed by atoms with Crippen LogP contribution in [0.15, 0.2) is 73.1 Å². The number of nitrogens with zero attached hydrogens (tertiary/aromatic N) is 4. The molecule has 3 heterocycles. The summed E-state index contributed by atoms with van der Waals surface area (Å²) < 4.78 is 46.0. The van der Waals surface area contributed by atoms with E-state index in [1.165, 1.54) is 30.4 Å². The highest BCUT2D eigenvalue weighted by molar-refractivity contribution is 7.22. The van der Waals surface area contributed by atoms with Gasteiger partial charge in [0.15, 0.2) is 16.7 Å². The summed E-state index contributed by atoms with van der Waals surface area (Å²) >= 11 is 1.30. The summed E-state index contributed by atoms with van der Waals surface area (Å²) in [6, 6.07) is 15.1. The van der Waals surface area contributed by atoms with Gasteiger partial charge in [-0.15, -0.1) is 0 Å². The van der Waals surface area contributed by atoms with Crippen LogP contribution >= 0.6 is 11.3 Å². The number of anilines is 1. The fraction of sp³-hybridized carbons (Fsp3) is 0.0800. The number of fused-ring (bicyclic) bond motifs is 1. The number of hydrogen-bond acceptors (Lipinski definition) is 7. The minimum atomic E-state index is -4.44. The Morgan fingerprint density at radius 2 is 1.78 bits per heavy atom. The third kappa shape index (κ3) is 5.01. The number of alkyl halides is 3. The average Bonchev–Trinajstić information content (AvgIpc) is 3.27. The van der Waals surface area contributed by atoms with E-state index in [0.29, 0.717) is 39.0 Å². The molecular weight excluding hydrogens is 491 g/mol. The monoisotopic (exact) mass is 507 g/mol. The molecule has 0 saturated heterocycles. The first kappa shape index (κ1) is 23.4. The van der Waals surface area contributed by atoms with Gasteiger partial charge in [-0.25, -0.2) is 9.97 Å². The van der Waals surface area contributed by atoms with Gasteiger partial charge in [0, 0.05) is 36.5 Å². The van der Waals surface area contributed by atoms with Crippen molar-refractivity contribution in [3.63, 3.8) is 0 Å². The molecule has 0 aliphatic carbocycles. The van der Waals surface area contributed by atoms with Crippen molar-refractivity contribution in [1.82, 2.24) is 19.9 Å². The van der Waals surface area contributed by atoms with E-state index >= 15 is 0 Å². The van der Waals surface area contributed by atoms with Crippen molar-refractivity contribution >= 4 is 32.6 Å². The second kappa shape index (κ2) is 9.34. The average molecular weight is 507 g/mol. The van der Waals surface area contributed by atoms with Crippen LogP contribution in [0.5, 0.6) is 11.6 Å². The van der Waals surface area contributed by atoms with Crippen molar-refractivity contribution in [1.29, 1.82) is 0 Å². The fourth-order valence-electron chi connectivity index (χ4n) is 3.40. The first-order chi connectivity index (χ1) is 17.3. The number of aromatic nitrogens is 4. The summed E-state index contributed by atoms with van der Waals surface area (Å²) in [7, 11) is 0. The van der Waals surface area contributed by atoms with Gasteiger partial charge in [-0.2, -0.15) is 18.2 Å². The molecule has 0 spiro atoms. The highest BCUT2D eigenvalue weighted by Crippen LogP contribution is 2.36. The topological polar surface area (TPSA) is 89.9 Å². The molecule has 11 heteroatoms. The molecule has 36 heavy (non-hydrogen) atoms. The van der Waals surface area contributed by atoms with Crippen LogP contribution in [0.4, 0.5) is 18.3 Å². The number of halogens is 3. The molecule has 5 rings (SSSR count). The molecule has 0 atom stereocenters. The van der Waals surface area contributed by atoms with E-state index in [1.807, 2.05) is 6.07 Å². The van der Waals surface area contributed by atoms with Gasteiger partial charge in [-0.05, 0) is 36.4 Å². The molecule has 3 aromatic heterocycles. The molecule has 0 saturated carbocycles. The molecule has 0 unspecified atom stereocenters. The van der Waals surface area contributed by atoms with E-state index in [1.54, 1.807) is 42.7 Å². The first-order valence-corrected chi connectivity index (χ1v) is 11.4. The smallest absolute Gasteiger partial charge is 0.416 e. The predicted molar refractivity (Wildman–Crippen MR) is 130 cm³/mol. The predicted octanol–water partition coefficient (Wildman–Crippen LogP) is 6.58. The molecule has 5 aromatic rings. The molecular formula is C25H16F3N5O2S. The van der Waals surface area contributed by atoms with Gasteiger partial charge in [-0.1, -0.05) is 29.5 Å². The van der Waals surface area contributed by atoms with Crippen LogP contribution in [-0.4, -0.2) is 25.8 Å². The van der Waals surface area contributed by atoms with E-state index < -0.39 is 11.7 Å². The van der Waals surface area contributed by atoms with Crippen molar-refractivity contribution < 1.29 is 22.7 Å². The van der Waals surface area contributed by atoms with Gasteiger partial charge >= 0.3 is 6.18 Å². The number of ether oxygens (including phenoxy) is 1. The molecule has 7 nitrogen and oxygen atoms in total. The summed E-state index contributed by atoms with van der Waals surface area (Å²) in [6.45, 7) is 1.40. The molecule has 1 N–H and O–H groups in total. The van der Waals surface area contributed by atoms with Crippen LogP contribution in [0.25, 0.3) is 32.9 Å². The standard InChI is InChI=1S/C25H16F3N5O2S/c1-14(34)30-24-33-22-19(5-2-6-20(22)36-24)35-21-12-18(15-7-9-17(10-8-15)25(26,27)28)31-23(32-21)16-4-3-11-29-13-16/h2-13H,1H3,(H,30,33,34). The van der Waals surface area contributed by atoms with Gasteiger partial charge in [0.25, 0.3) is 0 Å². The summed E-state index contributed by atoms with van der Waals surface area (Å²) in [5.41, 5.74) is 1.21. The quantitative estimate of drug-likeness (QED) is 0.289. The Kier molecular flexibility index (Phi) is 6.06. The number of amides is 1. The maximum Gasteiger partial charge on any atom is 0.416 e. The van der Waals surface area contributed by atoms with Gasteiger partial charge in [0.1, 0.15) is 5.52 Å². The van der Waals surface area contributed by atoms with Crippen molar-refractivity contribution in [3.05, 3.63) is 78.6 Å². The minimum absolute atomic E-state index is 0.167. The molecule has 2 aromatic carbocycles. The van der Waals surface area contributed by atoms with Crippen molar-refractivity contribution in [2.75, 3.05) is 5.32 Å². The van der Waals surface area contributed by atoms with Crippen molar-refractivity contribution in [2.24, 2.45) is 0 Å². The number of rotatable bonds is 5. The Labute approximate surface area is 206 Å². The lowest BCUT2D eigenvalue weighted by atomic mass is 10.1. The van der Waals surface area contributed by atoms with Gasteiger partial charge in [0.2, 0.25) is 11.8 Å². The van der Waals surface area contributed by atoms with E-state index in [4.69, 9.17) is 4.74 Å². The zero-order valence-electron chi connectivity index (χ0n) is 18.6. The number of thiazole rings is 1. The summed E-state index contributed by atoms with van der Waals surface area (Å²) in [4.78, 5) is 29.0. The van der Waals surface area contributed by atoms with E-state index in [9.17, 15) is 18.0 Å². The van der Waals surface area contributed by atoms with Crippen LogP contribution in [0.2, 0.25) is 0 Å². The number of hydrogen-bond donors (Lipinski definition) is 1. The Hall–Kier alpha value is -4.38. The van der Waals surface area contributed by atoms with E-state index in [2.05, 4.69) is 25.3 Å². The normalized spacial score (nSPS) is 11.4. The van der Waals surface area contributed by atoms with E-state index in [-0.39, 0.29) is 11.8 Å². The van der Waals surface area contributed by atoms with Crippen LogP contribution < -0.4 is 10.1 Å². The molecule has 0 fully saturated rings. The first-order valence-electron chi connectivity index (χ1n) is 10.6. The number of benzene rings is 2. The van der Waals surface area contributed by atoms with Gasteiger partial charge < -0.3 is 10.1 Å². The SMILES string of the molecule is CC(=O)Nc1nc2c(Oc3cc(-c4ccc(C(F)(F)F)cc4)nc(-c4cccnc4)n3)cccc2s1. The number of para-hydroxylation sites is 1. The highest BCUT2D eigenvalue weighted by atomic mass is 32.1. The fourth-order valence-corrected chi connectivity index (χ4v) is 4.33. The number of carbonyl (C=O) groups excluding carboxylic acids is 1. The molecule has 0 aliphatic heterocycles. The molecule has 0 bridgehead atoms. The maximum absolute atomic E-state index is 13.0. The number of carbonyl (C=O) groups is 1. The number of pyridine rings is 1. The second-order valence-corrected chi connectivity index (χ2v) is 8.67. The molecule has 180 valence electrons. The zero-order valence-corrected chi connectivity index (χ0v) is 19.4. The minimum Gasteiger partial charge on any atom is -0.437 e. The summed E-state index contributed by atoms with van der Waals surface area (Å²) in [5.74, 6) is 0.615. The van der Waals surface area contributed by atoms with Crippen LogP contribution in [0.3, 0.4) is 0 Å². The Bertz CT molecular complexity index is 1550.